The van der Waals surface area contributed by atoms with E-state index >= 15 is 0 Å². The number of aldehydes is 1. The average molecular weight is 222 g/mol. The highest BCUT2D eigenvalue weighted by molar-refractivity contribution is 5.77. The van der Waals surface area contributed by atoms with Crippen LogP contribution >= 0.6 is 0 Å². The topological polar surface area (TPSA) is 127 Å². The molecule has 0 aliphatic rings. The lowest BCUT2D eigenvalue weighted by Crippen LogP contribution is -2.53. The monoisotopic (exact) mass is 222 g/mol. The molecule has 0 aromatic carbocycles. The van der Waals surface area contributed by atoms with Gasteiger partial charge in [0, 0.05) is 6.92 Å². The van der Waals surface area contributed by atoms with Crippen LogP contribution in [-0.2, 0) is 9.59 Å². The van der Waals surface area contributed by atoms with Crippen LogP contribution in [0, 0.1) is 0 Å². The third kappa shape index (κ3) is 4.34. The van der Waals surface area contributed by atoms with Crippen molar-refractivity contribution in [2.24, 2.45) is 0 Å². The maximum Gasteiger partial charge on any atom is 0.217 e. The van der Waals surface area contributed by atoms with E-state index in [4.69, 9.17) is 10.2 Å². The number of carbonyl (C=O) groups is 2. The van der Waals surface area contributed by atoms with Gasteiger partial charge in [0.2, 0.25) is 5.91 Å². The Hall–Kier alpha value is -1.02. The third-order valence-corrected chi connectivity index (χ3v) is 1.82. The second-order valence-corrected chi connectivity index (χ2v) is 3.09. The van der Waals surface area contributed by atoms with Crippen molar-refractivity contribution in [2.45, 2.75) is 31.3 Å². The van der Waals surface area contributed by atoms with Gasteiger partial charge in [-0.25, -0.2) is 0 Å². The summed E-state index contributed by atoms with van der Waals surface area (Å²) < 4.78 is 0. The summed E-state index contributed by atoms with van der Waals surface area (Å²) in [6.45, 7) is 0.377. The smallest absolute Gasteiger partial charge is 0.217 e. The Morgan fingerprint density at radius 1 is 1.33 bits per heavy atom. The first-order valence-corrected chi connectivity index (χ1v) is 4.31. The van der Waals surface area contributed by atoms with Gasteiger partial charge in [-0.2, -0.15) is 0 Å². The Balaban J connectivity index is 4.42. The van der Waals surface area contributed by atoms with Gasteiger partial charge in [-0.3, -0.25) is 4.79 Å². The Kier molecular flexibility index (Phi) is 6.02. The SMILES string of the molecule is CC(=O)[15NH][C@H](C=O)[C@@H](O)[C@H](O)[C@H](O)CO. The van der Waals surface area contributed by atoms with E-state index in [2.05, 4.69) is 5.32 Å². The third-order valence-electron chi connectivity index (χ3n) is 1.82. The van der Waals surface area contributed by atoms with Crippen LogP contribution in [0.25, 0.3) is 0 Å². The highest BCUT2D eigenvalue weighted by Gasteiger charge is 2.31. The zero-order chi connectivity index (χ0) is 12.0. The van der Waals surface area contributed by atoms with E-state index in [-0.39, 0.29) is 6.29 Å². The van der Waals surface area contributed by atoms with Crippen molar-refractivity contribution in [3.05, 3.63) is 0 Å². The quantitative estimate of drug-likeness (QED) is 0.237. The lowest BCUT2D eigenvalue weighted by atomic mass is 10.0. The average Bonchev–Trinajstić information content (AvgIpc) is 2.22. The summed E-state index contributed by atoms with van der Waals surface area (Å²) in [7, 11) is 0. The van der Waals surface area contributed by atoms with Crippen molar-refractivity contribution in [3.63, 3.8) is 0 Å². The molecule has 0 fully saturated rings. The molecule has 7 heteroatoms. The molecule has 0 spiro atoms. The number of nitrogens with one attached hydrogen (secondary N) is 1. The zero-order valence-corrected chi connectivity index (χ0v) is 8.20. The van der Waals surface area contributed by atoms with Crippen LogP contribution in [0.5, 0.6) is 0 Å². The summed E-state index contributed by atoms with van der Waals surface area (Å²) >= 11 is 0. The first-order chi connectivity index (χ1) is 6.93. The molecule has 88 valence electrons. The van der Waals surface area contributed by atoms with E-state index in [1.54, 1.807) is 0 Å². The fraction of sp³-hybridized carbons (Fsp3) is 0.750. The molecule has 0 heterocycles. The standard InChI is InChI=1S/C8H15NO6/c1-4(12)9-5(2-10)7(14)8(15)6(13)3-11/h2,5-8,11,13-15H,3H2,1H3,(H,9,12)/t5-,6-,7-,8-/m1/s1/i9+1. The van der Waals surface area contributed by atoms with Crippen LogP contribution in [-0.4, -0.2) is 63.6 Å². The van der Waals surface area contributed by atoms with Crippen LogP contribution in [0.15, 0.2) is 0 Å². The molecule has 4 atom stereocenters. The summed E-state index contributed by atoms with van der Waals surface area (Å²) in [5.41, 5.74) is 0. The molecule has 0 bridgehead atoms. The molecule has 0 saturated heterocycles. The van der Waals surface area contributed by atoms with E-state index in [1.165, 1.54) is 0 Å². The van der Waals surface area contributed by atoms with Gasteiger partial charge < -0.3 is 30.5 Å². The minimum absolute atomic E-state index is 0.235. The first kappa shape index (κ1) is 14.0. The number of aliphatic hydroxyl groups excluding tert-OH is 4. The molecule has 0 aliphatic carbocycles. The predicted molar refractivity (Wildman–Crippen MR) is 48.8 cm³/mol. The molecule has 0 aromatic heterocycles. The summed E-state index contributed by atoms with van der Waals surface area (Å²) in [4.78, 5) is 21.1. The van der Waals surface area contributed by atoms with Crippen LogP contribution in [0.2, 0.25) is 0 Å². The highest BCUT2D eigenvalue weighted by atomic mass is 16.4. The van der Waals surface area contributed by atoms with Gasteiger partial charge in [-0.05, 0) is 0 Å². The summed E-state index contributed by atoms with van der Waals surface area (Å²) in [6.07, 6.45) is -4.72. The minimum Gasteiger partial charge on any atom is -0.394 e. The van der Waals surface area contributed by atoms with Gasteiger partial charge in [-0.15, -0.1) is 0 Å². The van der Waals surface area contributed by atoms with E-state index in [9.17, 15) is 19.8 Å². The molecule has 0 saturated carbocycles. The molecular formula is C8H15NO6. The van der Waals surface area contributed by atoms with Gasteiger partial charge in [0.15, 0.2) is 0 Å². The zero-order valence-electron chi connectivity index (χ0n) is 8.20. The van der Waals surface area contributed by atoms with E-state index in [1.807, 2.05) is 0 Å². The number of rotatable bonds is 6. The number of amides is 1. The normalized spacial score (nSPS) is 18.7. The molecule has 7 nitrogen and oxygen atoms in total. The Labute approximate surface area is 86.3 Å². The highest BCUT2D eigenvalue weighted by Crippen LogP contribution is 2.03. The number of carbonyl (C=O) groups excluding carboxylic acids is 2. The Morgan fingerprint density at radius 2 is 1.87 bits per heavy atom. The van der Waals surface area contributed by atoms with Gasteiger partial charge in [0.05, 0.1) is 6.61 Å². The van der Waals surface area contributed by atoms with Crippen molar-refractivity contribution in [2.75, 3.05) is 6.61 Å². The van der Waals surface area contributed by atoms with Crippen molar-refractivity contribution < 1.29 is 30.0 Å². The van der Waals surface area contributed by atoms with Crippen molar-refractivity contribution in [1.29, 1.82) is 0 Å². The lowest BCUT2D eigenvalue weighted by Gasteiger charge is -2.25. The van der Waals surface area contributed by atoms with E-state index in [0.29, 0.717) is 0 Å². The summed E-state index contributed by atoms with van der Waals surface area (Å²) in [5, 5.41) is 38.2. The fourth-order valence-corrected chi connectivity index (χ4v) is 0.983. The van der Waals surface area contributed by atoms with E-state index < -0.39 is 36.9 Å². The molecule has 15 heavy (non-hydrogen) atoms. The minimum atomic E-state index is -1.71. The molecule has 0 radical (unpaired) electrons. The largest absolute Gasteiger partial charge is 0.394 e. The van der Waals surface area contributed by atoms with Crippen molar-refractivity contribution in [1.82, 2.24) is 5.32 Å². The molecule has 0 unspecified atom stereocenters. The van der Waals surface area contributed by atoms with Crippen molar-refractivity contribution in [3.8, 4) is 0 Å². The fourth-order valence-electron chi connectivity index (χ4n) is 0.983. The summed E-state index contributed by atoms with van der Waals surface area (Å²) in [6, 6.07) is -1.32. The van der Waals surface area contributed by atoms with Crippen LogP contribution in [0.4, 0.5) is 0 Å². The molecule has 0 aliphatic heterocycles. The molecule has 1 amide bonds. The van der Waals surface area contributed by atoms with Crippen LogP contribution in [0.3, 0.4) is 0 Å². The van der Waals surface area contributed by atoms with Gasteiger partial charge in [-0.1, -0.05) is 0 Å². The second-order valence-electron chi connectivity index (χ2n) is 3.09. The Morgan fingerprint density at radius 3 is 2.20 bits per heavy atom. The first-order valence-electron chi connectivity index (χ1n) is 4.31. The van der Waals surface area contributed by atoms with Gasteiger partial charge in [0.1, 0.15) is 30.6 Å². The van der Waals surface area contributed by atoms with Gasteiger partial charge >= 0.3 is 0 Å². The maximum atomic E-state index is 10.6. The van der Waals surface area contributed by atoms with Gasteiger partial charge in [0.25, 0.3) is 0 Å². The molecular weight excluding hydrogens is 207 g/mol. The number of hydrogen-bond donors (Lipinski definition) is 5. The number of hydrogen-bond acceptors (Lipinski definition) is 6. The number of aliphatic hydroxyl groups is 4. The predicted octanol–water partition coefficient (Wildman–Crippen LogP) is -3.23. The van der Waals surface area contributed by atoms with Crippen LogP contribution in [0.1, 0.15) is 6.92 Å². The van der Waals surface area contributed by atoms with Crippen LogP contribution < -0.4 is 5.32 Å². The molecule has 5 N–H and O–H groups in total. The van der Waals surface area contributed by atoms with E-state index in [0.717, 1.165) is 6.92 Å². The van der Waals surface area contributed by atoms with Crippen molar-refractivity contribution >= 4 is 12.2 Å². The lowest BCUT2D eigenvalue weighted by molar-refractivity contribution is -0.129. The second kappa shape index (κ2) is 6.46. The summed E-state index contributed by atoms with van der Waals surface area (Å²) in [5.74, 6) is -0.558. The molecule has 0 aromatic rings. The molecule has 0 rings (SSSR count). The Bertz CT molecular complexity index is 221. The maximum absolute atomic E-state index is 10.6.